The summed E-state index contributed by atoms with van der Waals surface area (Å²) in [4.78, 5) is 4.45. The number of benzene rings is 1. The fraction of sp³-hybridized carbons (Fsp3) is 0.571. The minimum absolute atomic E-state index is 0.568. The normalized spacial score (nSPS) is 18.4. The molecular formula is C14H18ClF3N2. The van der Waals surface area contributed by atoms with Crippen LogP contribution in [0.5, 0.6) is 0 Å². The van der Waals surface area contributed by atoms with Crippen molar-refractivity contribution in [3.05, 3.63) is 35.4 Å². The summed E-state index contributed by atoms with van der Waals surface area (Å²) in [5, 5.41) is 0. The van der Waals surface area contributed by atoms with E-state index in [1.807, 2.05) is 0 Å². The van der Waals surface area contributed by atoms with Crippen LogP contribution in [0.25, 0.3) is 0 Å². The van der Waals surface area contributed by atoms with Gasteiger partial charge in [0.05, 0.1) is 5.56 Å². The molecule has 112 valence electrons. The van der Waals surface area contributed by atoms with Gasteiger partial charge in [0.15, 0.2) is 0 Å². The van der Waals surface area contributed by atoms with Crippen LogP contribution in [0.1, 0.15) is 11.1 Å². The third-order valence-corrected chi connectivity index (χ3v) is 3.70. The first-order valence-corrected chi connectivity index (χ1v) is 7.19. The zero-order chi connectivity index (χ0) is 14.6. The van der Waals surface area contributed by atoms with Gasteiger partial charge in [0, 0.05) is 45.1 Å². The summed E-state index contributed by atoms with van der Waals surface area (Å²) in [7, 11) is 0. The molecule has 20 heavy (non-hydrogen) atoms. The molecule has 1 saturated heterocycles. The summed E-state index contributed by atoms with van der Waals surface area (Å²) < 4.78 is 37.9. The van der Waals surface area contributed by atoms with Crippen LogP contribution >= 0.6 is 11.6 Å². The molecule has 0 unspecified atom stereocenters. The molecule has 0 aromatic heterocycles. The van der Waals surface area contributed by atoms with E-state index in [9.17, 15) is 13.2 Å². The van der Waals surface area contributed by atoms with E-state index in [1.54, 1.807) is 6.07 Å². The molecular weight excluding hydrogens is 289 g/mol. The van der Waals surface area contributed by atoms with Crippen molar-refractivity contribution in [2.75, 3.05) is 38.6 Å². The summed E-state index contributed by atoms with van der Waals surface area (Å²) in [6.45, 7) is 5.02. The van der Waals surface area contributed by atoms with Gasteiger partial charge < -0.3 is 0 Å². The van der Waals surface area contributed by atoms with Gasteiger partial charge in [0.1, 0.15) is 0 Å². The molecule has 1 aromatic carbocycles. The highest BCUT2D eigenvalue weighted by molar-refractivity contribution is 6.18. The maximum Gasteiger partial charge on any atom is 0.416 e. The predicted molar refractivity (Wildman–Crippen MR) is 73.9 cm³/mol. The smallest absolute Gasteiger partial charge is 0.300 e. The van der Waals surface area contributed by atoms with Gasteiger partial charge in [-0.1, -0.05) is 18.2 Å². The van der Waals surface area contributed by atoms with Crippen LogP contribution in [-0.4, -0.2) is 48.4 Å². The number of hydrogen-bond acceptors (Lipinski definition) is 2. The lowest BCUT2D eigenvalue weighted by molar-refractivity contribution is -0.137. The topological polar surface area (TPSA) is 6.48 Å². The molecule has 0 N–H and O–H groups in total. The van der Waals surface area contributed by atoms with E-state index in [-0.39, 0.29) is 0 Å². The molecule has 0 bridgehead atoms. The molecule has 1 aliphatic heterocycles. The number of hydrogen-bond donors (Lipinski definition) is 0. The first-order valence-electron chi connectivity index (χ1n) is 6.66. The van der Waals surface area contributed by atoms with Crippen molar-refractivity contribution in [3.8, 4) is 0 Å². The maximum atomic E-state index is 12.6. The Morgan fingerprint density at radius 1 is 1.05 bits per heavy atom. The quantitative estimate of drug-likeness (QED) is 0.789. The number of rotatable bonds is 4. The van der Waals surface area contributed by atoms with Crippen molar-refractivity contribution in [1.82, 2.24) is 9.80 Å². The Morgan fingerprint density at radius 3 is 2.30 bits per heavy atom. The molecule has 1 heterocycles. The minimum Gasteiger partial charge on any atom is -0.300 e. The van der Waals surface area contributed by atoms with Gasteiger partial charge >= 0.3 is 6.18 Å². The van der Waals surface area contributed by atoms with Crippen molar-refractivity contribution in [2.24, 2.45) is 0 Å². The second kappa shape index (κ2) is 6.78. The summed E-state index contributed by atoms with van der Waals surface area (Å²) >= 11 is 5.70. The SMILES string of the molecule is FC(F)(F)c1cccc(CN2CCN(CCCl)CC2)c1. The maximum absolute atomic E-state index is 12.6. The van der Waals surface area contributed by atoms with E-state index in [1.165, 1.54) is 12.1 Å². The average Bonchev–Trinajstić information content (AvgIpc) is 2.41. The lowest BCUT2D eigenvalue weighted by Gasteiger charge is -2.34. The number of alkyl halides is 4. The Bertz CT molecular complexity index is 429. The Labute approximate surface area is 122 Å². The molecule has 0 spiro atoms. The second-order valence-corrected chi connectivity index (χ2v) is 5.38. The highest BCUT2D eigenvalue weighted by atomic mass is 35.5. The molecule has 1 aromatic rings. The highest BCUT2D eigenvalue weighted by Gasteiger charge is 2.30. The van der Waals surface area contributed by atoms with Crippen LogP contribution in [0.4, 0.5) is 13.2 Å². The van der Waals surface area contributed by atoms with E-state index in [2.05, 4.69) is 9.80 Å². The average molecular weight is 307 g/mol. The standard InChI is InChI=1S/C14H18ClF3N2/c15-4-5-19-6-8-20(9-7-19)11-12-2-1-3-13(10-12)14(16,17)18/h1-3,10H,4-9,11H2. The first kappa shape index (κ1) is 15.6. The Balaban J connectivity index is 1.91. The minimum atomic E-state index is -4.27. The van der Waals surface area contributed by atoms with Gasteiger partial charge in [-0.15, -0.1) is 11.6 Å². The van der Waals surface area contributed by atoms with E-state index in [0.717, 1.165) is 38.8 Å². The first-order chi connectivity index (χ1) is 9.49. The zero-order valence-electron chi connectivity index (χ0n) is 11.2. The Morgan fingerprint density at radius 2 is 1.70 bits per heavy atom. The fourth-order valence-corrected chi connectivity index (χ4v) is 2.63. The Kier molecular flexibility index (Phi) is 5.29. The van der Waals surface area contributed by atoms with Crippen LogP contribution in [-0.2, 0) is 12.7 Å². The third-order valence-electron chi connectivity index (χ3n) is 3.53. The molecule has 0 saturated carbocycles. The van der Waals surface area contributed by atoms with E-state index in [0.29, 0.717) is 18.0 Å². The zero-order valence-corrected chi connectivity index (χ0v) is 11.9. The van der Waals surface area contributed by atoms with Crippen molar-refractivity contribution < 1.29 is 13.2 Å². The van der Waals surface area contributed by atoms with E-state index in [4.69, 9.17) is 11.6 Å². The second-order valence-electron chi connectivity index (χ2n) is 5.00. The molecule has 2 rings (SSSR count). The van der Waals surface area contributed by atoms with E-state index >= 15 is 0 Å². The fourth-order valence-electron chi connectivity index (χ4n) is 2.39. The largest absolute Gasteiger partial charge is 0.416 e. The molecule has 0 atom stereocenters. The predicted octanol–water partition coefficient (Wildman–Crippen LogP) is 3.06. The van der Waals surface area contributed by atoms with Gasteiger partial charge in [0.2, 0.25) is 0 Å². The molecule has 0 aliphatic carbocycles. The molecule has 6 heteroatoms. The van der Waals surface area contributed by atoms with Crippen LogP contribution < -0.4 is 0 Å². The lowest BCUT2D eigenvalue weighted by atomic mass is 10.1. The van der Waals surface area contributed by atoms with Crippen LogP contribution in [0.2, 0.25) is 0 Å². The summed E-state index contributed by atoms with van der Waals surface area (Å²) in [5.74, 6) is 0.619. The summed E-state index contributed by atoms with van der Waals surface area (Å²) in [6, 6.07) is 5.58. The Hall–Kier alpha value is -0.780. The van der Waals surface area contributed by atoms with Gasteiger partial charge in [-0.05, 0) is 11.6 Å². The van der Waals surface area contributed by atoms with Crippen LogP contribution in [0, 0.1) is 0 Å². The van der Waals surface area contributed by atoms with Gasteiger partial charge in [0.25, 0.3) is 0 Å². The molecule has 0 amide bonds. The van der Waals surface area contributed by atoms with Gasteiger partial charge in [-0.3, -0.25) is 9.80 Å². The van der Waals surface area contributed by atoms with Crippen LogP contribution in [0.3, 0.4) is 0 Å². The van der Waals surface area contributed by atoms with Crippen molar-refractivity contribution in [3.63, 3.8) is 0 Å². The monoisotopic (exact) mass is 306 g/mol. The highest BCUT2D eigenvalue weighted by Crippen LogP contribution is 2.29. The summed E-state index contributed by atoms with van der Waals surface area (Å²) in [5.41, 5.74) is 0.140. The van der Waals surface area contributed by atoms with Crippen molar-refractivity contribution in [1.29, 1.82) is 0 Å². The van der Waals surface area contributed by atoms with Crippen molar-refractivity contribution in [2.45, 2.75) is 12.7 Å². The van der Waals surface area contributed by atoms with E-state index < -0.39 is 11.7 Å². The van der Waals surface area contributed by atoms with Gasteiger partial charge in [-0.2, -0.15) is 13.2 Å². The van der Waals surface area contributed by atoms with Crippen molar-refractivity contribution >= 4 is 11.6 Å². The summed E-state index contributed by atoms with van der Waals surface area (Å²) in [6.07, 6.45) is -4.27. The number of halogens is 4. The van der Waals surface area contributed by atoms with Gasteiger partial charge in [-0.25, -0.2) is 0 Å². The molecule has 1 aliphatic rings. The molecule has 1 fully saturated rings. The lowest BCUT2D eigenvalue weighted by Crippen LogP contribution is -2.46. The number of nitrogens with zero attached hydrogens (tertiary/aromatic N) is 2. The molecule has 2 nitrogen and oxygen atoms in total. The number of piperazine rings is 1. The third kappa shape index (κ3) is 4.36. The van der Waals surface area contributed by atoms with Crippen LogP contribution in [0.15, 0.2) is 24.3 Å². The molecule has 0 radical (unpaired) electrons.